The fourth-order valence-corrected chi connectivity index (χ4v) is 2.99. The monoisotopic (exact) mass is 337 g/mol. The van der Waals surface area contributed by atoms with E-state index in [-0.39, 0.29) is 6.04 Å². The molecule has 0 saturated heterocycles. The van der Waals surface area contributed by atoms with Gasteiger partial charge < -0.3 is 16.0 Å². The molecule has 0 bridgehead atoms. The first-order valence-electron chi connectivity index (χ1n) is 9.88. The molecule has 3 nitrogen and oxygen atoms in total. The lowest BCUT2D eigenvalue weighted by molar-refractivity contribution is 0.269. The smallest absolute Gasteiger partial charge is 0.0284 e. The molecule has 0 spiro atoms. The molecule has 0 aliphatic heterocycles. The first-order chi connectivity index (χ1) is 11.4. The first kappa shape index (κ1) is 23.2. The lowest BCUT2D eigenvalue weighted by atomic mass is 9.84. The van der Waals surface area contributed by atoms with Gasteiger partial charge in [-0.2, -0.15) is 0 Å². The van der Waals surface area contributed by atoms with Crippen molar-refractivity contribution in [1.29, 1.82) is 0 Å². The summed E-state index contributed by atoms with van der Waals surface area (Å²) in [7, 11) is 4.06. The number of unbranched alkanes of at least 4 members (excludes halogenated alkanes) is 1. The van der Waals surface area contributed by atoms with Gasteiger partial charge in [0.25, 0.3) is 0 Å². The maximum atomic E-state index is 6.62. The van der Waals surface area contributed by atoms with E-state index in [4.69, 9.17) is 5.73 Å². The number of rotatable bonds is 14. The first-order valence-corrected chi connectivity index (χ1v) is 9.88. The number of hydrogen-bond acceptors (Lipinski definition) is 3. The number of nitrogens with zero attached hydrogens (tertiary/aromatic N) is 1. The van der Waals surface area contributed by atoms with E-state index in [9.17, 15) is 0 Å². The molecule has 0 aliphatic rings. The fourth-order valence-electron chi connectivity index (χ4n) is 2.99. The van der Waals surface area contributed by atoms with Gasteiger partial charge in [0, 0.05) is 31.9 Å². The van der Waals surface area contributed by atoms with Crippen LogP contribution < -0.4 is 11.1 Å². The molecule has 3 heteroatoms. The zero-order valence-electron chi connectivity index (χ0n) is 17.1. The number of hydrogen-bond donors (Lipinski definition) is 2. The van der Waals surface area contributed by atoms with Gasteiger partial charge in [0.15, 0.2) is 0 Å². The highest BCUT2D eigenvalue weighted by Gasteiger charge is 2.25. The zero-order chi connectivity index (χ0) is 18.5. The predicted octanol–water partition coefficient (Wildman–Crippen LogP) is 4.56. The van der Waals surface area contributed by atoms with Crippen molar-refractivity contribution in [2.24, 2.45) is 17.6 Å². The van der Waals surface area contributed by atoms with Crippen LogP contribution in [0.2, 0.25) is 0 Å². The minimum absolute atomic E-state index is 0.229. The standard InChI is InChI=1S/C21H43N3/c1-8-11-15-23-21(20(22)16-17(4)9-2)19(10-3)14-12-13-18(5)24(6)7/h12-13,17,19-21,23H,5,8-11,14-16,22H2,1-4,6-7H3/b13-12-. The summed E-state index contributed by atoms with van der Waals surface area (Å²) in [6.45, 7) is 14.2. The van der Waals surface area contributed by atoms with Crippen LogP contribution in [0.5, 0.6) is 0 Å². The van der Waals surface area contributed by atoms with Crippen molar-refractivity contribution in [3.8, 4) is 0 Å². The summed E-state index contributed by atoms with van der Waals surface area (Å²) < 4.78 is 0. The second-order valence-corrected chi connectivity index (χ2v) is 7.44. The predicted molar refractivity (Wildman–Crippen MR) is 109 cm³/mol. The molecule has 0 amide bonds. The van der Waals surface area contributed by atoms with Crippen LogP contribution >= 0.6 is 0 Å². The van der Waals surface area contributed by atoms with E-state index in [0.29, 0.717) is 17.9 Å². The Kier molecular flexibility index (Phi) is 13.0. The molecule has 0 saturated carbocycles. The highest BCUT2D eigenvalue weighted by Crippen LogP contribution is 2.21. The van der Waals surface area contributed by atoms with Gasteiger partial charge in [-0.1, -0.05) is 59.6 Å². The average molecular weight is 338 g/mol. The number of allylic oxidation sites excluding steroid dienone is 2. The minimum atomic E-state index is 0.229. The molecule has 0 rings (SSSR count). The van der Waals surface area contributed by atoms with E-state index in [0.717, 1.165) is 31.5 Å². The highest BCUT2D eigenvalue weighted by atomic mass is 15.1. The van der Waals surface area contributed by atoms with E-state index in [1.807, 2.05) is 19.0 Å². The van der Waals surface area contributed by atoms with Crippen molar-refractivity contribution in [3.05, 3.63) is 24.4 Å². The van der Waals surface area contributed by atoms with Gasteiger partial charge in [-0.05, 0) is 43.7 Å². The van der Waals surface area contributed by atoms with Crippen LogP contribution in [0.3, 0.4) is 0 Å². The Morgan fingerprint density at radius 3 is 2.38 bits per heavy atom. The molecule has 0 aliphatic carbocycles. The lowest BCUT2D eigenvalue weighted by Gasteiger charge is -2.33. The van der Waals surface area contributed by atoms with Gasteiger partial charge >= 0.3 is 0 Å². The zero-order valence-corrected chi connectivity index (χ0v) is 17.1. The third-order valence-electron chi connectivity index (χ3n) is 5.10. The Bertz CT molecular complexity index is 349. The Morgan fingerprint density at radius 2 is 1.88 bits per heavy atom. The van der Waals surface area contributed by atoms with Crippen molar-refractivity contribution in [2.75, 3.05) is 20.6 Å². The van der Waals surface area contributed by atoms with Gasteiger partial charge in [-0.15, -0.1) is 0 Å². The van der Waals surface area contributed by atoms with Gasteiger partial charge in [0.05, 0.1) is 0 Å². The largest absolute Gasteiger partial charge is 0.378 e. The molecule has 0 fully saturated rings. The summed E-state index contributed by atoms with van der Waals surface area (Å²) in [6, 6.07) is 0.625. The molecule has 4 unspecified atom stereocenters. The summed E-state index contributed by atoms with van der Waals surface area (Å²) in [4.78, 5) is 2.04. The highest BCUT2D eigenvalue weighted by molar-refractivity contribution is 5.12. The van der Waals surface area contributed by atoms with Crippen LogP contribution in [0, 0.1) is 11.8 Å². The molecule has 4 atom stereocenters. The van der Waals surface area contributed by atoms with E-state index in [1.165, 1.54) is 19.3 Å². The van der Waals surface area contributed by atoms with Gasteiger partial charge in [-0.3, -0.25) is 0 Å². The van der Waals surface area contributed by atoms with E-state index in [2.05, 4.69) is 51.7 Å². The van der Waals surface area contributed by atoms with Crippen LogP contribution in [0.25, 0.3) is 0 Å². The Morgan fingerprint density at radius 1 is 1.21 bits per heavy atom. The van der Waals surface area contributed by atoms with E-state index in [1.54, 1.807) is 0 Å². The summed E-state index contributed by atoms with van der Waals surface area (Å²) in [5.74, 6) is 1.27. The van der Waals surface area contributed by atoms with Crippen LogP contribution in [0.4, 0.5) is 0 Å². The van der Waals surface area contributed by atoms with Gasteiger partial charge in [0.2, 0.25) is 0 Å². The van der Waals surface area contributed by atoms with Crippen LogP contribution in [0.15, 0.2) is 24.4 Å². The molecule has 0 heterocycles. The van der Waals surface area contributed by atoms with Crippen LogP contribution in [-0.2, 0) is 0 Å². The quantitative estimate of drug-likeness (QED) is 0.361. The normalized spacial score (nSPS) is 16.8. The summed E-state index contributed by atoms with van der Waals surface area (Å²) >= 11 is 0. The molecule has 0 aromatic heterocycles. The Balaban J connectivity index is 4.87. The molecular formula is C21H43N3. The third kappa shape index (κ3) is 9.48. The molecule has 3 N–H and O–H groups in total. The molecule has 142 valence electrons. The minimum Gasteiger partial charge on any atom is -0.378 e. The van der Waals surface area contributed by atoms with Gasteiger partial charge in [-0.25, -0.2) is 0 Å². The lowest BCUT2D eigenvalue weighted by Crippen LogP contribution is -2.50. The van der Waals surface area contributed by atoms with Crippen LogP contribution in [-0.4, -0.2) is 37.6 Å². The number of nitrogens with two attached hydrogens (primary N) is 1. The molecule has 0 aromatic rings. The summed E-state index contributed by atoms with van der Waals surface area (Å²) in [6.07, 6.45) is 11.3. The Hall–Kier alpha value is -0.800. The van der Waals surface area contributed by atoms with Crippen molar-refractivity contribution in [3.63, 3.8) is 0 Å². The van der Waals surface area contributed by atoms with Crippen molar-refractivity contribution in [2.45, 2.75) is 78.3 Å². The van der Waals surface area contributed by atoms with E-state index >= 15 is 0 Å². The van der Waals surface area contributed by atoms with E-state index < -0.39 is 0 Å². The summed E-state index contributed by atoms with van der Waals surface area (Å²) in [5.41, 5.74) is 7.67. The number of nitrogens with one attached hydrogen (secondary N) is 1. The van der Waals surface area contributed by atoms with Crippen molar-refractivity contribution in [1.82, 2.24) is 10.2 Å². The average Bonchev–Trinajstić information content (AvgIpc) is 2.55. The molecule has 0 aromatic carbocycles. The summed E-state index contributed by atoms with van der Waals surface area (Å²) in [5, 5.41) is 3.77. The SMILES string of the molecule is C=C(/C=C\CC(CC)C(NCCCC)C(N)CC(C)CC)N(C)C. The molecular weight excluding hydrogens is 294 g/mol. The van der Waals surface area contributed by atoms with Crippen molar-refractivity contribution >= 4 is 0 Å². The third-order valence-corrected chi connectivity index (χ3v) is 5.10. The molecule has 0 radical (unpaired) electrons. The Labute approximate surface area is 151 Å². The second-order valence-electron chi connectivity index (χ2n) is 7.44. The van der Waals surface area contributed by atoms with Crippen LogP contribution in [0.1, 0.15) is 66.2 Å². The molecule has 24 heavy (non-hydrogen) atoms. The topological polar surface area (TPSA) is 41.3 Å². The number of likely N-dealkylation sites (N-methyl/N-ethyl adjacent to an activating group) is 1. The van der Waals surface area contributed by atoms with Crippen molar-refractivity contribution < 1.29 is 0 Å². The second kappa shape index (κ2) is 13.5. The maximum Gasteiger partial charge on any atom is 0.0284 e. The van der Waals surface area contributed by atoms with Gasteiger partial charge in [0.1, 0.15) is 0 Å². The fraction of sp³-hybridized carbons (Fsp3) is 0.810. The maximum absolute atomic E-state index is 6.62.